The molecule has 4 N–H and O–H groups in total. The van der Waals surface area contributed by atoms with Gasteiger partial charge in [-0.3, -0.25) is 4.79 Å². The van der Waals surface area contributed by atoms with E-state index in [1.54, 1.807) is 0 Å². The molecule has 1 amide bonds. The summed E-state index contributed by atoms with van der Waals surface area (Å²) < 4.78 is 0. The highest BCUT2D eigenvalue weighted by molar-refractivity contribution is 7.12. The Bertz CT molecular complexity index is 689. The second-order valence-electron chi connectivity index (χ2n) is 5.24. The molecule has 0 bridgehead atoms. The van der Waals surface area contributed by atoms with Crippen molar-refractivity contribution in [2.75, 3.05) is 18.4 Å². The summed E-state index contributed by atoms with van der Waals surface area (Å²) in [5.41, 5.74) is 9.89. The number of nitrogens with two attached hydrogens (primary N) is 1. The molecule has 4 nitrogen and oxygen atoms in total. The van der Waals surface area contributed by atoms with E-state index in [2.05, 4.69) is 22.1 Å². The highest BCUT2D eigenvalue weighted by Gasteiger charge is 2.13. The van der Waals surface area contributed by atoms with Crippen molar-refractivity contribution in [2.24, 2.45) is 5.73 Å². The molecule has 0 atom stereocenters. The molecule has 1 aromatic heterocycles. The Labute approximate surface area is 141 Å². The molecular formula is C18H23N3OS. The molecule has 0 radical (unpaired) electrons. The highest BCUT2D eigenvalue weighted by atomic mass is 32.1. The first-order valence-electron chi connectivity index (χ1n) is 7.35. The molecule has 0 spiro atoms. The van der Waals surface area contributed by atoms with Crippen LogP contribution in [0.2, 0.25) is 0 Å². The number of carbonyl (C=O) groups is 1. The van der Waals surface area contributed by atoms with Gasteiger partial charge in [0.15, 0.2) is 0 Å². The SMILES string of the molecule is C.NCc1ccc(NC(=O)c2cc(C3=CCNCC3)cs2)cc1. The second-order valence-corrected chi connectivity index (χ2v) is 6.15. The predicted octanol–water partition coefficient (Wildman–Crippen LogP) is 3.47. The van der Waals surface area contributed by atoms with Crippen LogP contribution in [-0.2, 0) is 6.54 Å². The second kappa shape index (κ2) is 8.06. The van der Waals surface area contributed by atoms with Crippen LogP contribution in [-0.4, -0.2) is 19.0 Å². The summed E-state index contributed by atoms with van der Waals surface area (Å²) in [4.78, 5) is 13.0. The van der Waals surface area contributed by atoms with Crippen LogP contribution in [0, 0.1) is 0 Å². The largest absolute Gasteiger partial charge is 0.326 e. The molecule has 1 aliphatic heterocycles. The molecule has 0 unspecified atom stereocenters. The Kier molecular flexibility index (Phi) is 6.10. The number of amides is 1. The fraction of sp³-hybridized carbons (Fsp3) is 0.278. The predicted molar refractivity (Wildman–Crippen MR) is 98.8 cm³/mol. The Morgan fingerprint density at radius 3 is 2.74 bits per heavy atom. The zero-order valence-corrected chi connectivity index (χ0v) is 13.1. The maximum atomic E-state index is 12.3. The van der Waals surface area contributed by atoms with Crippen molar-refractivity contribution in [2.45, 2.75) is 20.4 Å². The summed E-state index contributed by atoms with van der Waals surface area (Å²) in [5, 5.41) is 8.28. The zero-order valence-electron chi connectivity index (χ0n) is 12.3. The average Bonchev–Trinajstić information content (AvgIpc) is 3.06. The molecule has 0 fully saturated rings. The Balaban J connectivity index is 0.00000192. The molecule has 5 heteroatoms. The highest BCUT2D eigenvalue weighted by Crippen LogP contribution is 2.26. The van der Waals surface area contributed by atoms with Gasteiger partial charge in [0.25, 0.3) is 5.91 Å². The van der Waals surface area contributed by atoms with E-state index in [0.717, 1.165) is 41.2 Å². The normalized spacial score (nSPS) is 13.9. The van der Waals surface area contributed by atoms with Gasteiger partial charge in [0.2, 0.25) is 0 Å². The molecule has 122 valence electrons. The number of anilines is 1. The van der Waals surface area contributed by atoms with Crippen LogP contribution >= 0.6 is 11.3 Å². The van der Waals surface area contributed by atoms with Crippen molar-refractivity contribution >= 4 is 28.5 Å². The van der Waals surface area contributed by atoms with Crippen LogP contribution in [0.5, 0.6) is 0 Å². The molecular weight excluding hydrogens is 306 g/mol. The van der Waals surface area contributed by atoms with Gasteiger partial charge in [-0.2, -0.15) is 0 Å². The van der Waals surface area contributed by atoms with E-state index in [4.69, 9.17) is 5.73 Å². The molecule has 2 heterocycles. The fourth-order valence-electron chi connectivity index (χ4n) is 2.43. The number of carbonyl (C=O) groups excluding carboxylic acids is 1. The Morgan fingerprint density at radius 2 is 2.09 bits per heavy atom. The summed E-state index contributed by atoms with van der Waals surface area (Å²) in [6.45, 7) is 2.41. The molecule has 0 saturated heterocycles. The van der Waals surface area contributed by atoms with E-state index in [9.17, 15) is 4.79 Å². The number of thiophene rings is 1. The van der Waals surface area contributed by atoms with Gasteiger partial charge in [-0.25, -0.2) is 0 Å². The van der Waals surface area contributed by atoms with Gasteiger partial charge < -0.3 is 16.4 Å². The molecule has 2 aromatic rings. The quantitative estimate of drug-likeness (QED) is 0.804. The van der Waals surface area contributed by atoms with Crippen molar-refractivity contribution < 1.29 is 4.79 Å². The van der Waals surface area contributed by atoms with Gasteiger partial charge in [0.1, 0.15) is 0 Å². The summed E-state index contributed by atoms with van der Waals surface area (Å²) in [5.74, 6) is -0.0636. The number of hydrogen-bond acceptors (Lipinski definition) is 4. The van der Waals surface area contributed by atoms with E-state index in [0.29, 0.717) is 6.54 Å². The maximum Gasteiger partial charge on any atom is 0.265 e. The van der Waals surface area contributed by atoms with Gasteiger partial charge in [-0.05, 0) is 53.2 Å². The summed E-state index contributed by atoms with van der Waals surface area (Å²) in [6.07, 6.45) is 3.21. The lowest BCUT2D eigenvalue weighted by molar-refractivity contribution is 0.103. The smallest absolute Gasteiger partial charge is 0.265 e. The van der Waals surface area contributed by atoms with Crippen molar-refractivity contribution in [1.29, 1.82) is 0 Å². The minimum absolute atomic E-state index is 0. The van der Waals surface area contributed by atoms with Crippen molar-refractivity contribution in [1.82, 2.24) is 5.32 Å². The van der Waals surface area contributed by atoms with E-state index >= 15 is 0 Å². The summed E-state index contributed by atoms with van der Waals surface area (Å²) in [6, 6.07) is 9.59. The van der Waals surface area contributed by atoms with E-state index < -0.39 is 0 Å². The topological polar surface area (TPSA) is 67.1 Å². The van der Waals surface area contributed by atoms with Crippen LogP contribution in [0.15, 0.2) is 41.8 Å². The van der Waals surface area contributed by atoms with Gasteiger partial charge in [-0.1, -0.05) is 25.6 Å². The summed E-state index contributed by atoms with van der Waals surface area (Å²) >= 11 is 1.48. The third-order valence-electron chi connectivity index (χ3n) is 3.71. The Hall–Kier alpha value is -1.95. The van der Waals surface area contributed by atoms with Crippen LogP contribution < -0.4 is 16.4 Å². The number of hydrogen-bond donors (Lipinski definition) is 3. The van der Waals surface area contributed by atoms with Crippen LogP contribution in [0.1, 0.15) is 34.6 Å². The average molecular weight is 329 g/mol. The third-order valence-corrected chi connectivity index (χ3v) is 4.63. The first-order chi connectivity index (χ1) is 10.8. The molecule has 0 aliphatic carbocycles. The summed E-state index contributed by atoms with van der Waals surface area (Å²) in [7, 11) is 0. The monoisotopic (exact) mass is 329 g/mol. The lowest BCUT2D eigenvalue weighted by Gasteiger charge is -2.12. The van der Waals surface area contributed by atoms with Gasteiger partial charge in [-0.15, -0.1) is 11.3 Å². The minimum Gasteiger partial charge on any atom is -0.326 e. The standard InChI is InChI=1S/C17H19N3OS.CH4/c18-10-12-1-3-15(4-2-12)20-17(21)16-9-14(11-22-16)13-5-7-19-8-6-13;/h1-5,9,11,19H,6-8,10,18H2,(H,20,21);1H4. The van der Waals surface area contributed by atoms with E-state index in [1.807, 2.05) is 30.3 Å². The maximum absolute atomic E-state index is 12.3. The number of benzene rings is 1. The lowest BCUT2D eigenvalue weighted by Crippen LogP contribution is -2.19. The molecule has 1 aromatic carbocycles. The fourth-order valence-corrected chi connectivity index (χ4v) is 3.25. The number of rotatable bonds is 4. The van der Waals surface area contributed by atoms with Gasteiger partial charge in [0.05, 0.1) is 4.88 Å². The minimum atomic E-state index is -0.0636. The van der Waals surface area contributed by atoms with Crippen molar-refractivity contribution in [3.63, 3.8) is 0 Å². The third kappa shape index (κ3) is 4.28. The van der Waals surface area contributed by atoms with Crippen molar-refractivity contribution in [3.8, 4) is 0 Å². The molecule has 3 rings (SSSR count). The lowest BCUT2D eigenvalue weighted by atomic mass is 10.0. The molecule has 23 heavy (non-hydrogen) atoms. The number of nitrogens with one attached hydrogen (secondary N) is 2. The van der Waals surface area contributed by atoms with E-state index in [-0.39, 0.29) is 13.3 Å². The zero-order chi connectivity index (χ0) is 15.4. The van der Waals surface area contributed by atoms with Crippen LogP contribution in [0.3, 0.4) is 0 Å². The van der Waals surface area contributed by atoms with Crippen LogP contribution in [0.25, 0.3) is 5.57 Å². The molecule has 1 aliphatic rings. The first-order valence-corrected chi connectivity index (χ1v) is 8.23. The van der Waals surface area contributed by atoms with Crippen LogP contribution in [0.4, 0.5) is 5.69 Å². The molecule has 0 saturated carbocycles. The van der Waals surface area contributed by atoms with Gasteiger partial charge in [0, 0.05) is 18.8 Å². The van der Waals surface area contributed by atoms with Gasteiger partial charge >= 0.3 is 0 Å². The van der Waals surface area contributed by atoms with E-state index in [1.165, 1.54) is 16.9 Å². The Morgan fingerprint density at radius 1 is 1.30 bits per heavy atom. The van der Waals surface area contributed by atoms with Crippen molar-refractivity contribution in [3.05, 3.63) is 57.8 Å². The first kappa shape index (κ1) is 17.4.